The van der Waals surface area contributed by atoms with Crippen molar-refractivity contribution >= 4 is 5.97 Å². The Bertz CT molecular complexity index is 433. The zero-order valence-electron chi connectivity index (χ0n) is 19.1. The van der Waals surface area contributed by atoms with Crippen molar-refractivity contribution in [2.24, 2.45) is 0 Å². The number of carboxylic acids is 1. The Morgan fingerprint density at radius 2 is 1.38 bits per heavy atom. The van der Waals surface area contributed by atoms with Gasteiger partial charge in [0, 0.05) is 6.42 Å². The fraction of sp³-hybridized carbons (Fsp3) is 0.957. The summed E-state index contributed by atoms with van der Waals surface area (Å²) in [6, 6.07) is 0. The molecule has 6 heteroatoms. The molecule has 1 fully saturated rings. The zero-order chi connectivity index (χ0) is 20.9. The molecular formula is C23H46BrNO4. The summed E-state index contributed by atoms with van der Waals surface area (Å²) in [6.07, 6.45) is 17.0. The molecule has 0 radical (unpaired) electrons. The van der Waals surface area contributed by atoms with Crippen LogP contribution in [0.5, 0.6) is 0 Å². The summed E-state index contributed by atoms with van der Waals surface area (Å²) < 4.78 is 6.39. The van der Waals surface area contributed by atoms with E-state index in [0.717, 1.165) is 12.8 Å². The molecule has 0 amide bonds. The first-order valence-electron chi connectivity index (χ1n) is 11.7. The standard InChI is InChI=1S/C23H45NO4.BrH/c1-4-5-6-7-8-9-10-11-12-13-14-15-16-17-23(27)20-24(2,3)19-21(28-23)18-22(25)26;/h21,27H,4-20H2,1-3H3;1H/t21-,23+;/m1./s1. The maximum Gasteiger partial charge on any atom is 0.306 e. The summed E-state index contributed by atoms with van der Waals surface area (Å²) in [6.45, 7) is 3.42. The lowest BCUT2D eigenvalue weighted by Gasteiger charge is -2.46. The molecule has 1 aliphatic heterocycles. The van der Waals surface area contributed by atoms with Gasteiger partial charge < -0.3 is 36.4 Å². The van der Waals surface area contributed by atoms with Gasteiger partial charge in [-0.25, -0.2) is 0 Å². The Kier molecular flexibility index (Phi) is 15.5. The van der Waals surface area contributed by atoms with Crippen molar-refractivity contribution in [3.63, 3.8) is 0 Å². The van der Waals surface area contributed by atoms with Crippen LogP contribution in [0.15, 0.2) is 0 Å². The largest absolute Gasteiger partial charge is 1.00 e. The number of carboxylic acid groups (broad SMARTS) is 1. The predicted molar refractivity (Wildman–Crippen MR) is 114 cm³/mol. The van der Waals surface area contributed by atoms with E-state index in [1.54, 1.807) is 0 Å². The third kappa shape index (κ3) is 14.5. The molecule has 174 valence electrons. The summed E-state index contributed by atoms with van der Waals surface area (Å²) in [5, 5.41) is 19.9. The van der Waals surface area contributed by atoms with Crippen LogP contribution in [0.25, 0.3) is 0 Å². The highest BCUT2D eigenvalue weighted by atomic mass is 79.9. The number of ether oxygens (including phenoxy) is 1. The number of rotatable bonds is 16. The smallest absolute Gasteiger partial charge is 0.306 e. The van der Waals surface area contributed by atoms with Gasteiger partial charge in [-0.3, -0.25) is 4.79 Å². The summed E-state index contributed by atoms with van der Waals surface area (Å²) in [5.74, 6) is -2.05. The van der Waals surface area contributed by atoms with Crippen LogP contribution in [0.3, 0.4) is 0 Å². The first-order valence-corrected chi connectivity index (χ1v) is 11.7. The van der Waals surface area contributed by atoms with Crippen LogP contribution in [0.2, 0.25) is 0 Å². The fourth-order valence-electron chi connectivity index (χ4n) is 4.53. The van der Waals surface area contributed by atoms with Crippen LogP contribution in [-0.2, 0) is 9.53 Å². The minimum absolute atomic E-state index is 0. The molecule has 5 nitrogen and oxygen atoms in total. The first kappa shape index (κ1) is 28.8. The molecule has 0 spiro atoms. The van der Waals surface area contributed by atoms with E-state index < -0.39 is 17.9 Å². The van der Waals surface area contributed by atoms with Gasteiger partial charge in [0.05, 0.1) is 20.5 Å². The Labute approximate surface area is 189 Å². The number of likely N-dealkylation sites (N-methyl/N-ethyl adjacent to an activating group) is 1. The molecule has 0 bridgehead atoms. The highest BCUT2D eigenvalue weighted by Gasteiger charge is 2.45. The van der Waals surface area contributed by atoms with Gasteiger partial charge in [0.15, 0.2) is 0 Å². The van der Waals surface area contributed by atoms with Crippen molar-refractivity contribution < 1.29 is 41.2 Å². The van der Waals surface area contributed by atoms with Gasteiger partial charge in [-0.1, -0.05) is 84.0 Å². The molecule has 0 aromatic rings. The van der Waals surface area contributed by atoms with Crippen molar-refractivity contribution in [3.05, 3.63) is 0 Å². The normalized spacial score (nSPS) is 23.5. The predicted octanol–water partition coefficient (Wildman–Crippen LogP) is 2.11. The quantitative estimate of drug-likeness (QED) is 0.262. The lowest BCUT2D eigenvalue weighted by atomic mass is 10.0. The van der Waals surface area contributed by atoms with Crippen LogP contribution in [-0.4, -0.2) is 59.7 Å². The summed E-state index contributed by atoms with van der Waals surface area (Å²) in [5.41, 5.74) is 0. The topological polar surface area (TPSA) is 66.8 Å². The van der Waals surface area contributed by atoms with Gasteiger partial charge in [-0.15, -0.1) is 0 Å². The molecule has 1 rings (SSSR count). The molecule has 1 aliphatic rings. The van der Waals surface area contributed by atoms with Gasteiger partial charge in [-0.05, 0) is 6.42 Å². The summed E-state index contributed by atoms with van der Waals surface area (Å²) in [4.78, 5) is 11.0. The van der Waals surface area contributed by atoms with E-state index in [0.29, 0.717) is 24.0 Å². The van der Waals surface area contributed by atoms with Crippen molar-refractivity contribution in [1.29, 1.82) is 0 Å². The second-order valence-electron chi connectivity index (χ2n) is 9.55. The van der Waals surface area contributed by atoms with E-state index in [4.69, 9.17) is 9.84 Å². The van der Waals surface area contributed by atoms with E-state index in [1.807, 2.05) is 14.1 Å². The van der Waals surface area contributed by atoms with Crippen LogP contribution < -0.4 is 17.0 Å². The second-order valence-corrected chi connectivity index (χ2v) is 9.55. The molecule has 1 saturated heterocycles. The third-order valence-corrected chi connectivity index (χ3v) is 5.83. The number of aliphatic carboxylic acids is 1. The number of aliphatic hydroxyl groups is 1. The molecule has 0 aromatic carbocycles. The van der Waals surface area contributed by atoms with Gasteiger partial charge in [-0.2, -0.15) is 0 Å². The van der Waals surface area contributed by atoms with E-state index in [9.17, 15) is 9.90 Å². The Morgan fingerprint density at radius 1 is 0.931 bits per heavy atom. The Hall–Kier alpha value is -0.170. The Balaban J connectivity index is 0.00000784. The molecule has 0 aromatic heterocycles. The third-order valence-electron chi connectivity index (χ3n) is 5.83. The van der Waals surface area contributed by atoms with Gasteiger partial charge in [0.1, 0.15) is 19.2 Å². The van der Waals surface area contributed by atoms with Gasteiger partial charge >= 0.3 is 5.97 Å². The highest BCUT2D eigenvalue weighted by Crippen LogP contribution is 2.29. The van der Waals surface area contributed by atoms with Crippen molar-refractivity contribution in [2.75, 3.05) is 27.2 Å². The molecule has 2 atom stereocenters. The highest BCUT2D eigenvalue weighted by molar-refractivity contribution is 5.67. The number of nitrogens with zero attached hydrogens (tertiary/aromatic N) is 1. The molecule has 29 heavy (non-hydrogen) atoms. The van der Waals surface area contributed by atoms with E-state index in [-0.39, 0.29) is 23.4 Å². The van der Waals surface area contributed by atoms with Crippen molar-refractivity contribution in [2.45, 2.75) is 115 Å². The van der Waals surface area contributed by atoms with Crippen LogP contribution in [0.4, 0.5) is 0 Å². The maximum absolute atomic E-state index is 11.0. The van der Waals surface area contributed by atoms with Crippen molar-refractivity contribution in [1.82, 2.24) is 0 Å². The van der Waals surface area contributed by atoms with Crippen molar-refractivity contribution in [3.8, 4) is 0 Å². The summed E-state index contributed by atoms with van der Waals surface area (Å²) in [7, 11) is 4.07. The fourth-order valence-corrected chi connectivity index (χ4v) is 4.53. The average Bonchev–Trinajstić information content (AvgIpc) is 2.56. The zero-order valence-corrected chi connectivity index (χ0v) is 20.7. The number of quaternary nitrogens is 1. The lowest BCUT2D eigenvalue weighted by Crippen LogP contribution is -3.00. The van der Waals surface area contributed by atoms with E-state index in [1.165, 1.54) is 70.6 Å². The van der Waals surface area contributed by atoms with Crippen LogP contribution >= 0.6 is 0 Å². The molecule has 0 unspecified atom stereocenters. The number of hydrogen-bond acceptors (Lipinski definition) is 3. The van der Waals surface area contributed by atoms with Crippen LogP contribution in [0.1, 0.15) is 103 Å². The van der Waals surface area contributed by atoms with Gasteiger partial charge in [0.2, 0.25) is 5.79 Å². The minimum Gasteiger partial charge on any atom is -1.00 e. The number of unbranched alkanes of at least 4 members (excludes halogenated alkanes) is 12. The molecule has 2 N–H and O–H groups in total. The number of hydrogen-bond donors (Lipinski definition) is 2. The molecule has 1 heterocycles. The second kappa shape index (κ2) is 15.6. The Morgan fingerprint density at radius 3 is 1.83 bits per heavy atom. The van der Waals surface area contributed by atoms with Gasteiger partial charge in [0.25, 0.3) is 0 Å². The SMILES string of the molecule is CCCCCCCCCCCCCCC[C@@]1(O)C[N+](C)(C)C[C@@H](CC(=O)O)O1.[Br-]. The monoisotopic (exact) mass is 479 g/mol. The number of halogens is 1. The first-order chi connectivity index (χ1) is 13.3. The lowest BCUT2D eigenvalue weighted by molar-refractivity contribution is -0.915. The van der Waals surface area contributed by atoms with E-state index >= 15 is 0 Å². The summed E-state index contributed by atoms with van der Waals surface area (Å²) >= 11 is 0. The van der Waals surface area contributed by atoms with Crippen LogP contribution in [0, 0.1) is 0 Å². The molecule has 0 saturated carbocycles. The molecule has 0 aliphatic carbocycles. The number of carbonyl (C=O) groups is 1. The van der Waals surface area contributed by atoms with E-state index in [2.05, 4.69) is 6.92 Å². The maximum atomic E-state index is 11.0. The number of morpholine rings is 1. The minimum atomic E-state index is -1.18. The molecular weight excluding hydrogens is 434 g/mol. The average molecular weight is 481 g/mol.